The van der Waals surface area contributed by atoms with Crippen LogP contribution >= 0.6 is 11.8 Å². The monoisotopic (exact) mass is 416 g/mol. The third-order valence-electron chi connectivity index (χ3n) is 4.08. The summed E-state index contributed by atoms with van der Waals surface area (Å²) in [5.41, 5.74) is 0.517. The van der Waals surface area contributed by atoms with Crippen molar-refractivity contribution in [1.82, 2.24) is 0 Å². The summed E-state index contributed by atoms with van der Waals surface area (Å²) in [7, 11) is -7.20. The van der Waals surface area contributed by atoms with Gasteiger partial charge >= 0.3 is 0 Å². The maximum atomic E-state index is 12.6. The molecule has 0 saturated carbocycles. The van der Waals surface area contributed by atoms with E-state index < -0.39 is 31.5 Å². The fourth-order valence-electron chi connectivity index (χ4n) is 2.31. The number of allylic oxidation sites excluding steroid dienone is 2. The molecule has 0 aliphatic carbocycles. The zero-order chi connectivity index (χ0) is 19.9. The van der Waals surface area contributed by atoms with Crippen LogP contribution in [0.5, 0.6) is 0 Å². The highest BCUT2D eigenvalue weighted by molar-refractivity contribution is 8.20. The summed E-state index contributed by atoms with van der Waals surface area (Å²) >= 11 is 0.995. The lowest BCUT2D eigenvalue weighted by molar-refractivity contribution is 0.338. The van der Waals surface area contributed by atoms with Gasteiger partial charge in [-0.25, -0.2) is 16.8 Å². The van der Waals surface area contributed by atoms with Gasteiger partial charge in [-0.1, -0.05) is 32.5 Å². The summed E-state index contributed by atoms with van der Waals surface area (Å²) in [6, 6.07) is 4.99. The molecule has 0 spiro atoms. The molecule has 0 radical (unpaired) electrons. The molecule has 8 heteroatoms. The van der Waals surface area contributed by atoms with Crippen molar-refractivity contribution in [2.45, 2.75) is 55.1 Å². The number of thioether (sulfide) groups is 1. The van der Waals surface area contributed by atoms with E-state index in [0.717, 1.165) is 17.3 Å². The Hall–Kier alpha value is -1.09. The Labute approximate surface area is 160 Å². The van der Waals surface area contributed by atoms with Crippen LogP contribution in [0, 0.1) is 0 Å². The molecule has 0 aromatic heterocycles. The smallest absolute Gasteiger partial charge is 0.211 e. The van der Waals surface area contributed by atoms with Gasteiger partial charge in [-0.05, 0) is 55.2 Å². The van der Waals surface area contributed by atoms with Gasteiger partial charge in [0, 0.05) is 4.90 Å². The Bertz CT molecular complexity index is 976. The van der Waals surface area contributed by atoms with Crippen molar-refractivity contribution in [3.63, 3.8) is 0 Å². The van der Waals surface area contributed by atoms with Crippen molar-refractivity contribution >= 4 is 31.4 Å². The van der Waals surface area contributed by atoms with Crippen LogP contribution in [0.15, 0.2) is 49.3 Å². The predicted octanol–water partition coefficient (Wildman–Crippen LogP) is 3.40. The summed E-state index contributed by atoms with van der Waals surface area (Å²) in [5, 5.41) is 8.60. The summed E-state index contributed by atoms with van der Waals surface area (Å²) in [5.74, 6) is 0. The zero-order valence-corrected chi connectivity index (χ0v) is 17.9. The van der Waals surface area contributed by atoms with Crippen LogP contribution in [-0.2, 0) is 25.1 Å². The van der Waals surface area contributed by atoms with Crippen LogP contribution in [-0.4, -0.2) is 33.8 Å². The highest BCUT2D eigenvalue weighted by Crippen LogP contribution is 2.40. The third kappa shape index (κ3) is 4.08. The lowest BCUT2D eigenvalue weighted by atomic mass is 9.87. The maximum Gasteiger partial charge on any atom is 0.211 e. The predicted molar refractivity (Wildman–Crippen MR) is 105 cm³/mol. The normalized spacial score (nSPS) is 17.3. The van der Waals surface area contributed by atoms with Gasteiger partial charge < -0.3 is 5.11 Å². The molecule has 1 aromatic carbocycles. The fraction of sp³-hybridized carbons (Fsp3) is 0.444. The number of aliphatic hydroxyl groups excluding tert-OH is 1. The second-order valence-electron chi connectivity index (χ2n) is 7.42. The average molecular weight is 417 g/mol. The van der Waals surface area contributed by atoms with Gasteiger partial charge in [0.2, 0.25) is 9.84 Å². The molecule has 1 aliphatic heterocycles. The van der Waals surface area contributed by atoms with Crippen LogP contribution in [0.25, 0.3) is 0 Å². The Morgan fingerprint density at radius 2 is 1.73 bits per heavy atom. The molecule has 5 nitrogen and oxygen atoms in total. The molecule has 1 aromatic rings. The van der Waals surface area contributed by atoms with Crippen LogP contribution in [0.1, 0.15) is 40.2 Å². The van der Waals surface area contributed by atoms with Crippen molar-refractivity contribution in [1.29, 1.82) is 0 Å². The first-order chi connectivity index (χ1) is 11.8. The summed E-state index contributed by atoms with van der Waals surface area (Å²) in [4.78, 5) is 0.676. The standard InChI is InChI=1S/C18H24O5S3/c1-12(2)25(20,21)16-9-13(18(3,4)5)8-14(10-16)24-17-7-6-15(11-19)26(17,22)23/h6-10,12,19H,11H2,1-5H3. The summed E-state index contributed by atoms with van der Waals surface area (Å²) in [6.07, 6.45) is 2.81. The van der Waals surface area contributed by atoms with Crippen molar-refractivity contribution in [2.24, 2.45) is 0 Å². The highest BCUT2D eigenvalue weighted by atomic mass is 32.3. The van der Waals surface area contributed by atoms with E-state index in [9.17, 15) is 21.9 Å². The third-order valence-corrected chi connectivity index (χ3v) is 9.56. The molecule has 0 atom stereocenters. The summed E-state index contributed by atoms with van der Waals surface area (Å²) in [6.45, 7) is 8.59. The van der Waals surface area contributed by atoms with Gasteiger partial charge in [-0.3, -0.25) is 0 Å². The Kier molecular flexibility index (Phi) is 5.83. The molecule has 0 saturated heterocycles. The second-order valence-corrected chi connectivity index (χ2v) is 13.3. The molecular weight excluding hydrogens is 392 g/mol. The highest BCUT2D eigenvalue weighted by Gasteiger charge is 2.29. The van der Waals surface area contributed by atoms with E-state index in [0.29, 0.717) is 4.90 Å². The molecule has 0 unspecified atom stereocenters. The first-order valence-electron chi connectivity index (χ1n) is 8.14. The Morgan fingerprint density at radius 1 is 1.12 bits per heavy atom. The SMILES string of the molecule is CC(C)S(=O)(=O)c1cc(SC2=CC=C(CO)S2(=O)=O)cc(C(C)(C)C)c1. The van der Waals surface area contributed by atoms with Gasteiger partial charge in [0.25, 0.3) is 0 Å². The zero-order valence-electron chi connectivity index (χ0n) is 15.5. The van der Waals surface area contributed by atoms with E-state index in [2.05, 4.69) is 0 Å². The van der Waals surface area contributed by atoms with E-state index in [1.807, 2.05) is 26.8 Å². The first kappa shape index (κ1) is 21.2. The number of rotatable bonds is 5. The first-order valence-corrected chi connectivity index (χ1v) is 12.0. The second kappa shape index (κ2) is 7.14. The lowest BCUT2D eigenvalue weighted by Gasteiger charge is -2.22. The van der Waals surface area contributed by atoms with Crippen molar-refractivity contribution < 1.29 is 21.9 Å². The van der Waals surface area contributed by atoms with E-state index in [4.69, 9.17) is 0 Å². The number of benzene rings is 1. The van der Waals surface area contributed by atoms with E-state index >= 15 is 0 Å². The topological polar surface area (TPSA) is 88.5 Å². The molecule has 0 amide bonds. The largest absolute Gasteiger partial charge is 0.391 e. The number of hydrogen-bond donors (Lipinski definition) is 1. The van der Waals surface area contributed by atoms with Gasteiger partial charge in [-0.15, -0.1) is 0 Å². The minimum absolute atomic E-state index is 0.0537. The van der Waals surface area contributed by atoms with Gasteiger partial charge in [0.1, 0.15) is 4.24 Å². The lowest BCUT2D eigenvalue weighted by Crippen LogP contribution is -2.17. The van der Waals surface area contributed by atoms with Crippen molar-refractivity contribution in [2.75, 3.05) is 6.61 Å². The number of hydrogen-bond acceptors (Lipinski definition) is 6. The molecule has 1 aliphatic rings. The van der Waals surface area contributed by atoms with Crippen LogP contribution in [0.2, 0.25) is 0 Å². The molecule has 0 bridgehead atoms. The molecular formula is C18H24O5S3. The average Bonchev–Trinajstić information content (AvgIpc) is 2.80. The molecule has 1 heterocycles. The Balaban J connectivity index is 2.54. The maximum absolute atomic E-state index is 12.6. The van der Waals surface area contributed by atoms with E-state index in [-0.39, 0.29) is 19.5 Å². The van der Waals surface area contributed by atoms with E-state index in [1.54, 1.807) is 19.9 Å². The van der Waals surface area contributed by atoms with E-state index in [1.165, 1.54) is 18.2 Å². The number of sulfone groups is 2. The quantitative estimate of drug-likeness (QED) is 0.791. The minimum Gasteiger partial charge on any atom is -0.391 e. The molecule has 26 heavy (non-hydrogen) atoms. The molecule has 1 N–H and O–H groups in total. The molecule has 144 valence electrons. The minimum atomic E-state index is -3.70. The van der Waals surface area contributed by atoms with Gasteiger partial charge in [0.05, 0.1) is 21.7 Å². The number of aliphatic hydroxyl groups is 1. The molecule has 2 rings (SSSR count). The Morgan fingerprint density at radius 3 is 2.19 bits per heavy atom. The van der Waals surface area contributed by atoms with Gasteiger partial charge in [-0.2, -0.15) is 0 Å². The van der Waals surface area contributed by atoms with Crippen LogP contribution < -0.4 is 0 Å². The summed E-state index contributed by atoms with van der Waals surface area (Å²) < 4.78 is 50.1. The van der Waals surface area contributed by atoms with Crippen LogP contribution in [0.3, 0.4) is 0 Å². The van der Waals surface area contributed by atoms with Crippen LogP contribution in [0.4, 0.5) is 0 Å². The molecule has 0 fully saturated rings. The fourth-order valence-corrected chi connectivity index (χ4v) is 6.23. The van der Waals surface area contributed by atoms with Crippen molar-refractivity contribution in [3.05, 3.63) is 45.1 Å². The van der Waals surface area contributed by atoms with Crippen molar-refractivity contribution in [3.8, 4) is 0 Å². The van der Waals surface area contributed by atoms with Gasteiger partial charge in [0.15, 0.2) is 9.84 Å².